The van der Waals surface area contributed by atoms with E-state index in [0.29, 0.717) is 0 Å². The first-order chi connectivity index (χ1) is 10.2. The molecule has 1 aliphatic heterocycles. The van der Waals surface area contributed by atoms with Gasteiger partial charge in [0.15, 0.2) is 0 Å². The van der Waals surface area contributed by atoms with Crippen LogP contribution in [0.15, 0.2) is 18.2 Å². The normalized spacial score (nSPS) is 21.2. The molecule has 1 fully saturated rings. The van der Waals surface area contributed by atoms with E-state index in [0.717, 1.165) is 31.5 Å². The van der Waals surface area contributed by atoms with Gasteiger partial charge in [-0.2, -0.15) is 0 Å². The van der Waals surface area contributed by atoms with Crippen LogP contribution in [0.3, 0.4) is 0 Å². The maximum Gasteiger partial charge on any atom is 0.0958 e. The maximum absolute atomic E-state index is 11.0. The summed E-state index contributed by atoms with van der Waals surface area (Å²) in [5.74, 6) is 0. The Morgan fingerprint density at radius 2 is 2.19 bits per heavy atom. The lowest BCUT2D eigenvalue weighted by molar-refractivity contribution is 0.0766. The van der Waals surface area contributed by atoms with Crippen LogP contribution in [0.25, 0.3) is 10.1 Å². The summed E-state index contributed by atoms with van der Waals surface area (Å²) in [4.78, 5) is 3.87. The van der Waals surface area contributed by atoms with Crippen molar-refractivity contribution in [3.63, 3.8) is 0 Å². The van der Waals surface area contributed by atoms with E-state index in [2.05, 4.69) is 43.9 Å². The van der Waals surface area contributed by atoms with Crippen molar-refractivity contribution < 1.29 is 5.11 Å². The molecule has 2 nitrogen and oxygen atoms in total. The number of fused-ring (bicyclic) bond motifs is 1. The molecule has 3 heteroatoms. The summed E-state index contributed by atoms with van der Waals surface area (Å²) in [6.45, 7) is 8.76. The van der Waals surface area contributed by atoms with Gasteiger partial charge in [0.25, 0.3) is 0 Å². The van der Waals surface area contributed by atoms with Gasteiger partial charge in [-0.3, -0.25) is 4.90 Å². The third-order valence-electron chi connectivity index (χ3n) is 4.92. The predicted molar refractivity (Wildman–Crippen MR) is 91.2 cm³/mol. The van der Waals surface area contributed by atoms with Gasteiger partial charge in [0.05, 0.1) is 6.10 Å². The topological polar surface area (TPSA) is 23.5 Å². The fourth-order valence-electron chi connectivity index (χ4n) is 3.69. The number of hydrogen-bond acceptors (Lipinski definition) is 3. The van der Waals surface area contributed by atoms with Crippen molar-refractivity contribution in [3.05, 3.63) is 34.2 Å². The second-order valence-electron chi connectivity index (χ2n) is 6.01. The van der Waals surface area contributed by atoms with Crippen LogP contribution in [0.5, 0.6) is 0 Å². The second kappa shape index (κ2) is 6.07. The zero-order chi connectivity index (χ0) is 15.0. The first kappa shape index (κ1) is 15.0. The highest BCUT2D eigenvalue weighted by atomic mass is 32.1. The van der Waals surface area contributed by atoms with E-state index in [4.69, 9.17) is 0 Å². The van der Waals surface area contributed by atoms with Crippen LogP contribution in [0, 0.1) is 6.92 Å². The van der Waals surface area contributed by atoms with Gasteiger partial charge in [0.2, 0.25) is 0 Å². The highest BCUT2D eigenvalue weighted by molar-refractivity contribution is 7.19. The van der Waals surface area contributed by atoms with Crippen molar-refractivity contribution in [2.75, 3.05) is 13.1 Å². The zero-order valence-corrected chi connectivity index (χ0v) is 14.0. The fraction of sp³-hybridized carbons (Fsp3) is 0.556. The highest BCUT2D eigenvalue weighted by Gasteiger charge is 2.31. The van der Waals surface area contributed by atoms with Crippen LogP contribution in [-0.4, -0.2) is 29.1 Å². The van der Waals surface area contributed by atoms with Crippen molar-refractivity contribution in [1.82, 2.24) is 4.90 Å². The summed E-state index contributed by atoms with van der Waals surface area (Å²) in [5, 5.41) is 12.3. The molecular weight excluding hydrogens is 278 g/mol. The SMILES string of the molecule is CCc1sc2c([C@@H](O)[C@@H]3CCCN3CC)cccc2c1C. The molecule has 0 amide bonds. The fourth-order valence-corrected chi connectivity index (χ4v) is 4.99. The number of benzene rings is 1. The molecule has 0 aliphatic carbocycles. The largest absolute Gasteiger partial charge is 0.387 e. The molecule has 0 unspecified atom stereocenters. The number of aliphatic hydroxyl groups is 1. The second-order valence-corrected chi connectivity index (χ2v) is 7.12. The molecule has 2 aromatic rings. The van der Waals surface area contributed by atoms with Gasteiger partial charge in [-0.25, -0.2) is 0 Å². The van der Waals surface area contributed by atoms with Crippen molar-refractivity contribution >= 4 is 21.4 Å². The van der Waals surface area contributed by atoms with E-state index in [9.17, 15) is 5.11 Å². The Bertz CT molecular complexity index is 633. The molecule has 1 N–H and O–H groups in total. The molecule has 0 spiro atoms. The summed E-state index contributed by atoms with van der Waals surface area (Å²) in [6, 6.07) is 6.70. The molecular formula is C18H25NOS. The minimum absolute atomic E-state index is 0.285. The van der Waals surface area contributed by atoms with Crippen LogP contribution in [0.4, 0.5) is 0 Å². The number of rotatable bonds is 4. The number of likely N-dealkylation sites (tertiary alicyclic amines) is 1. The minimum atomic E-state index is -0.362. The number of aliphatic hydroxyl groups excluding tert-OH is 1. The molecule has 1 aromatic heterocycles. The van der Waals surface area contributed by atoms with E-state index >= 15 is 0 Å². The summed E-state index contributed by atoms with van der Waals surface area (Å²) >= 11 is 1.87. The minimum Gasteiger partial charge on any atom is -0.387 e. The zero-order valence-electron chi connectivity index (χ0n) is 13.2. The first-order valence-corrected chi connectivity index (χ1v) is 8.92. The lowest BCUT2D eigenvalue weighted by atomic mass is 9.98. The van der Waals surface area contributed by atoms with Crippen LogP contribution < -0.4 is 0 Å². The van der Waals surface area contributed by atoms with E-state index in [1.54, 1.807) is 0 Å². The molecule has 3 rings (SSSR count). The third kappa shape index (κ3) is 2.52. The Morgan fingerprint density at radius 1 is 1.38 bits per heavy atom. The van der Waals surface area contributed by atoms with Crippen molar-refractivity contribution in [2.45, 2.75) is 52.2 Å². The quantitative estimate of drug-likeness (QED) is 0.911. The Labute approximate surface area is 131 Å². The lowest BCUT2D eigenvalue weighted by Crippen LogP contribution is -2.34. The maximum atomic E-state index is 11.0. The van der Waals surface area contributed by atoms with Crippen molar-refractivity contribution in [1.29, 1.82) is 0 Å². The number of likely N-dealkylation sites (N-methyl/N-ethyl adjacent to an activating group) is 1. The van der Waals surface area contributed by atoms with Gasteiger partial charge < -0.3 is 5.11 Å². The standard InChI is InChI=1S/C18H25NOS/c1-4-16-12(3)13-8-6-9-14(18(13)21-16)17(20)15-10-7-11-19(15)5-2/h6,8-9,15,17,20H,4-5,7,10-11H2,1-3H3/t15-,17+/m0/s1. The van der Waals surface area contributed by atoms with E-state index in [-0.39, 0.29) is 12.1 Å². The highest BCUT2D eigenvalue weighted by Crippen LogP contribution is 2.39. The van der Waals surface area contributed by atoms with Gasteiger partial charge in [-0.05, 0) is 55.8 Å². The molecule has 0 radical (unpaired) electrons. The van der Waals surface area contributed by atoms with Gasteiger partial charge in [0.1, 0.15) is 0 Å². The molecule has 1 aromatic carbocycles. The Hall–Kier alpha value is -0.900. The molecule has 0 saturated carbocycles. The Balaban J connectivity index is 2.03. The predicted octanol–water partition coefficient (Wildman–Crippen LogP) is 4.29. The molecule has 2 atom stereocenters. The molecule has 21 heavy (non-hydrogen) atoms. The van der Waals surface area contributed by atoms with E-state index in [1.807, 2.05) is 11.3 Å². The number of hydrogen-bond donors (Lipinski definition) is 1. The van der Waals surface area contributed by atoms with Crippen molar-refractivity contribution in [2.24, 2.45) is 0 Å². The molecule has 114 valence electrons. The van der Waals surface area contributed by atoms with Gasteiger partial charge in [-0.1, -0.05) is 32.0 Å². The molecule has 1 saturated heterocycles. The first-order valence-electron chi connectivity index (χ1n) is 8.10. The van der Waals surface area contributed by atoms with Crippen LogP contribution >= 0.6 is 11.3 Å². The smallest absolute Gasteiger partial charge is 0.0958 e. The Kier molecular flexibility index (Phi) is 4.34. The van der Waals surface area contributed by atoms with Crippen LogP contribution in [-0.2, 0) is 6.42 Å². The summed E-state index contributed by atoms with van der Waals surface area (Å²) in [5.41, 5.74) is 2.52. The molecule has 2 heterocycles. The number of thiophene rings is 1. The number of nitrogens with zero attached hydrogens (tertiary/aromatic N) is 1. The van der Waals surface area contributed by atoms with Crippen molar-refractivity contribution in [3.8, 4) is 0 Å². The van der Waals surface area contributed by atoms with Gasteiger partial charge >= 0.3 is 0 Å². The third-order valence-corrected chi connectivity index (χ3v) is 6.42. The summed E-state index contributed by atoms with van der Waals surface area (Å²) < 4.78 is 1.29. The molecule has 0 bridgehead atoms. The average Bonchev–Trinajstić information content (AvgIpc) is 3.11. The van der Waals surface area contributed by atoms with Crippen LogP contribution in [0.2, 0.25) is 0 Å². The summed E-state index contributed by atoms with van der Waals surface area (Å²) in [7, 11) is 0. The Morgan fingerprint density at radius 3 is 2.90 bits per heavy atom. The van der Waals surface area contributed by atoms with Crippen LogP contribution in [0.1, 0.15) is 48.8 Å². The average molecular weight is 303 g/mol. The molecule has 1 aliphatic rings. The van der Waals surface area contributed by atoms with Gasteiger partial charge in [0, 0.05) is 15.6 Å². The van der Waals surface area contributed by atoms with E-state index in [1.165, 1.54) is 26.9 Å². The monoisotopic (exact) mass is 303 g/mol. The lowest BCUT2D eigenvalue weighted by Gasteiger charge is -2.28. The van der Waals surface area contributed by atoms with E-state index < -0.39 is 0 Å². The van der Waals surface area contributed by atoms with Gasteiger partial charge in [-0.15, -0.1) is 11.3 Å². The number of aryl methyl sites for hydroxylation is 2. The summed E-state index contributed by atoms with van der Waals surface area (Å²) in [6.07, 6.45) is 3.02.